The fourth-order valence-corrected chi connectivity index (χ4v) is 1.12. The zero-order valence-corrected chi connectivity index (χ0v) is 7.29. The van der Waals surface area contributed by atoms with Crippen LogP contribution in [0, 0.1) is 0 Å². The molecule has 0 aromatic carbocycles. The van der Waals surface area contributed by atoms with Gasteiger partial charge < -0.3 is 0 Å². The van der Waals surface area contributed by atoms with Crippen LogP contribution in [-0.2, 0) is 0 Å². The van der Waals surface area contributed by atoms with Crippen LogP contribution in [0.3, 0.4) is 0 Å². The minimum Gasteiger partial charge on any atom is -0.283 e. The molecular formula is C7H15NS. The molecule has 9 heavy (non-hydrogen) atoms. The summed E-state index contributed by atoms with van der Waals surface area (Å²) in [5.41, 5.74) is 0. The lowest BCUT2D eigenvalue weighted by molar-refractivity contribution is 0.935. The third-order valence-electron chi connectivity index (χ3n) is 0.911. The molecule has 0 atom stereocenters. The number of rotatable bonds is 3. The second-order valence-corrected chi connectivity index (χ2v) is 3.29. The van der Waals surface area contributed by atoms with Gasteiger partial charge in [-0.25, -0.2) is 0 Å². The van der Waals surface area contributed by atoms with Crippen LogP contribution in [0.15, 0.2) is 4.99 Å². The molecule has 0 saturated carbocycles. The monoisotopic (exact) mass is 145 g/mol. The molecule has 0 aromatic heterocycles. The van der Waals surface area contributed by atoms with E-state index in [0.717, 1.165) is 18.7 Å². The summed E-state index contributed by atoms with van der Waals surface area (Å²) < 4.78 is 0. The Bertz CT molecular complexity index is 88.9. The van der Waals surface area contributed by atoms with Gasteiger partial charge in [0.1, 0.15) is 0 Å². The van der Waals surface area contributed by atoms with Crippen LogP contribution < -0.4 is 0 Å². The molecule has 0 aliphatic carbocycles. The highest BCUT2D eigenvalue weighted by Crippen LogP contribution is 2.01. The summed E-state index contributed by atoms with van der Waals surface area (Å²) >= 11 is 1.82. The Morgan fingerprint density at radius 2 is 2.11 bits per heavy atom. The summed E-state index contributed by atoms with van der Waals surface area (Å²) in [7, 11) is 0. The Morgan fingerprint density at radius 1 is 1.44 bits per heavy atom. The van der Waals surface area contributed by atoms with Crippen LogP contribution in [0.25, 0.3) is 0 Å². The SMILES string of the molecule is CCCN=C(C)SCC. The molecule has 0 aromatic rings. The van der Waals surface area contributed by atoms with E-state index >= 15 is 0 Å². The molecule has 54 valence electrons. The number of nitrogens with zero attached hydrogens (tertiary/aromatic N) is 1. The van der Waals surface area contributed by atoms with E-state index in [4.69, 9.17) is 0 Å². The van der Waals surface area contributed by atoms with Crippen molar-refractivity contribution in [1.29, 1.82) is 0 Å². The highest BCUT2D eigenvalue weighted by atomic mass is 32.2. The quantitative estimate of drug-likeness (QED) is 0.439. The Balaban J connectivity index is 3.30. The molecule has 0 aliphatic heterocycles. The Morgan fingerprint density at radius 3 is 2.56 bits per heavy atom. The van der Waals surface area contributed by atoms with E-state index in [9.17, 15) is 0 Å². The summed E-state index contributed by atoms with van der Waals surface area (Å²) in [4.78, 5) is 4.31. The standard InChI is InChI=1S/C7H15NS/c1-4-6-8-7(3)9-5-2/h4-6H2,1-3H3. The van der Waals surface area contributed by atoms with Gasteiger partial charge >= 0.3 is 0 Å². The van der Waals surface area contributed by atoms with E-state index in [1.807, 2.05) is 11.8 Å². The third-order valence-corrected chi connectivity index (χ3v) is 1.75. The maximum atomic E-state index is 4.31. The number of aliphatic imine (C=N–C) groups is 1. The first-order valence-corrected chi connectivity index (χ1v) is 4.43. The first-order chi connectivity index (χ1) is 4.31. The van der Waals surface area contributed by atoms with E-state index in [1.54, 1.807) is 0 Å². The summed E-state index contributed by atoms with van der Waals surface area (Å²) in [6.07, 6.45) is 1.15. The smallest absolute Gasteiger partial charge is 0.0644 e. The van der Waals surface area contributed by atoms with Gasteiger partial charge in [0, 0.05) is 6.54 Å². The highest BCUT2D eigenvalue weighted by Gasteiger charge is 1.85. The van der Waals surface area contributed by atoms with Crippen LogP contribution >= 0.6 is 11.8 Å². The van der Waals surface area contributed by atoms with Gasteiger partial charge in [-0.15, -0.1) is 11.8 Å². The molecule has 0 saturated heterocycles. The van der Waals surface area contributed by atoms with Crippen molar-refractivity contribution in [3.63, 3.8) is 0 Å². The van der Waals surface area contributed by atoms with Gasteiger partial charge in [-0.2, -0.15) is 0 Å². The van der Waals surface area contributed by atoms with Gasteiger partial charge in [0.25, 0.3) is 0 Å². The van der Waals surface area contributed by atoms with Crippen molar-refractivity contribution >= 4 is 16.8 Å². The Hall–Kier alpha value is 0.0200. The van der Waals surface area contributed by atoms with Crippen molar-refractivity contribution < 1.29 is 0 Å². The predicted octanol–water partition coefficient (Wildman–Crippen LogP) is 2.57. The molecule has 0 amide bonds. The maximum Gasteiger partial charge on any atom is 0.0644 e. The van der Waals surface area contributed by atoms with Crippen LogP contribution in [0.5, 0.6) is 0 Å². The highest BCUT2D eigenvalue weighted by molar-refractivity contribution is 8.13. The van der Waals surface area contributed by atoms with E-state index in [2.05, 4.69) is 25.8 Å². The van der Waals surface area contributed by atoms with Crippen LogP contribution in [-0.4, -0.2) is 17.3 Å². The Kier molecular flexibility index (Phi) is 6.16. The average Bonchev–Trinajstić information content (AvgIpc) is 1.85. The number of thioether (sulfide) groups is 1. The van der Waals surface area contributed by atoms with Gasteiger partial charge in [-0.3, -0.25) is 4.99 Å². The topological polar surface area (TPSA) is 12.4 Å². The van der Waals surface area contributed by atoms with Gasteiger partial charge in [-0.1, -0.05) is 13.8 Å². The van der Waals surface area contributed by atoms with Crippen LogP contribution in [0.1, 0.15) is 27.2 Å². The molecule has 0 radical (unpaired) electrons. The van der Waals surface area contributed by atoms with E-state index < -0.39 is 0 Å². The normalized spacial score (nSPS) is 12.1. The van der Waals surface area contributed by atoms with Crippen molar-refractivity contribution in [2.24, 2.45) is 4.99 Å². The van der Waals surface area contributed by atoms with Crippen LogP contribution in [0.4, 0.5) is 0 Å². The third kappa shape index (κ3) is 5.90. The summed E-state index contributed by atoms with van der Waals surface area (Å²) in [6.45, 7) is 7.35. The molecule has 0 fully saturated rings. The predicted molar refractivity (Wildman–Crippen MR) is 46.4 cm³/mol. The lowest BCUT2D eigenvalue weighted by atomic mass is 10.5. The molecule has 0 heterocycles. The summed E-state index contributed by atoms with van der Waals surface area (Å²) in [6, 6.07) is 0. The van der Waals surface area contributed by atoms with E-state index in [-0.39, 0.29) is 0 Å². The lowest BCUT2D eigenvalue weighted by Crippen LogP contribution is -1.86. The molecule has 0 N–H and O–H groups in total. The fourth-order valence-electron chi connectivity index (χ4n) is 0.524. The molecule has 2 heteroatoms. The largest absolute Gasteiger partial charge is 0.283 e. The van der Waals surface area contributed by atoms with Crippen molar-refractivity contribution in [3.8, 4) is 0 Å². The molecule has 0 bridgehead atoms. The fraction of sp³-hybridized carbons (Fsp3) is 0.857. The molecule has 0 rings (SSSR count). The Labute approximate surface area is 61.9 Å². The number of hydrogen-bond acceptors (Lipinski definition) is 2. The van der Waals surface area contributed by atoms with Gasteiger partial charge in [-0.05, 0) is 19.1 Å². The second kappa shape index (κ2) is 6.14. The minimum atomic E-state index is 0.985. The second-order valence-electron chi connectivity index (χ2n) is 1.83. The van der Waals surface area contributed by atoms with E-state index in [0.29, 0.717) is 0 Å². The first kappa shape index (κ1) is 9.02. The maximum absolute atomic E-state index is 4.31. The van der Waals surface area contributed by atoms with Crippen molar-refractivity contribution in [2.75, 3.05) is 12.3 Å². The zero-order chi connectivity index (χ0) is 7.11. The van der Waals surface area contributed by atoms with Crippen molar-refractivity contribution in [2.45, 2.75) is 27.2 Å². The summed E-state index contributed by atoms with van der Waals surface area (Å²) in [5.74, 6) is 1.14. The molecule has 0 spiro atoms. The molecule has 1 nitrogen and oxygen atoms in total. The van der Waals surface area contributed by atoms with Crippen LogP contribution in [0.2, 0.25) is 0 Å². The molecular weight excluding hydrogens is 130 g/mol. The average molecular weight is 145 g/mol. The summed E-state index contributed by atoms with van der Waals surface area (Å²) in [5, 5.41) is 1.22. The molecule has 0 aliphatic rings. The minimum absolute atomic E-state index is 0.985. The van der Waals surface area contributed by atoms with Gasteiger partial charge in [0.05, 0.1) is 5.04 Å². The number of hydrogen-bond donors (Lipinski definition) is 0. The van der Waals surface area contributed by atoms with Crippen molar-refractivity contribution in [3.05, 3.63) is 0 Å². The first-order valence-electron chi connectivity index (χ1n) is 3.45. The van der Waals surface area contributed by atoms with Crippen molar-refractivity contribution in [1.82, 2.24) is 0 Å². The van der Waals surface area contributed by atoms with Gasteiger partial charge in [0.2, 0.25) is 0 Å². The zero-order valence-electron chi connectivity index (χ0n) is 6.48. The van der Waals surface area contributed by atoms with Gasteiger partial charge in [0.15, 0.2) is 0 Å². The molecule has 0 unspecified atom stereocenters. The van der Waals surface area contributed by atoms with E-state index in [1.165, 1.54) is 5.04 Å². The lowest BCUT2D eigenvalue weighted by Gasteiger charge is -1.94.